The quantitative estimate of drug-likeness (QED) is 0.485. The Balaban J connectivity index is 2.33. The molecule has 18 heavy (non-hydrogen) atoms. The lowest BCUT2D eigenvalue weighted by Gasteiger charge is -2.26. The SMILES string of the molecule is CC(C)(C)CC1CCCCCCCCCCCC1. The minimum absolute atomic E-state index is 0.526. The third kappa shape index (κ3) is 9.00. The van der Waals surface area contributed by atoms with Crippen LogP contribution >= 0.6 is 0 Å². The van der Waals surface area contributed by atoms with Crippen molar-refractivity contribution in [3.05, 3.63) is 0 Å². The van der Waals surface area contributed by atoms with E-state index < -0.39 is 0 Å². The minimum Gasteiger partial charge on any atom is -0.0602 e. The first kappa shape index (κ1) is 16.1. The second kappa shape index (κ2) is 8.99. The van der Waals surface area contributed by atoms with Crippen LogP contribution in [0.15, 0.2) is 0 Å². The normalized spacial score (nSPS) is 22.8. The van der Waals surface area contributed by atoms with Crippen molar-refractivity contribution in [3.8, 4) is 0 Å². The van der Waals surface area contributed by atoms with Crippen molar-refractivity contribution in [1.29, 1.82) is 0 Å². The smallest absolute Gasteiger partial charge is 0.0380 e. The molecular formula is C18H36. The number of hydrogen-bond acceptors (Lipinski definition) is 0. The molecule has 0 radical (unpaired) electrons. The molecule has 1 rings (SSSR count). The van der Waals surface area contributed by atoms with E-state index in [-0.39, 0.29) is 0 Å². The molecule has 0 N–H and O–H groups in total. The molecule has 0 heteroatoms. The summed E-state index contributed by atoms with van der Waals surface area (Å²) in [4.78, 5) is 0. The first-order valence-corrected chi connectivity index (χ1v) is 8.58. The van der Waals surface area contributed by atoms with Crippen LogP contribution in [0.5, 0.6) is 0 Å². The maximum absolute atomic E-state index is 2.41. The van der Waals surface area contributed by atoms with Gasteiger partial charge in [0.2, 0.25) is 0 Å². The summed E-state index contributed by atoms with van der Waals surface area (Å²) >= 11 is 0. The monoisotopic (exact) mass is 252 g/mol. The van der Waals surface area contributed by atoms with E-state index in [9.17, 15) is 0 Å². The number of rotatable bonds is 1. The van der Waals surface area contributed by atoms with Gasteiger partial charge in [-0.3, -0.25) is 0 Å². The zero-order chi connectivity index (χ0) is 13.3. The van der Waals surface area contributed by atoms with Crippen molar-refractivity contribution in [2.24, 2.45) is 11.3 Å². The third-order valence-corrected chi connectivity index (χ3v) is 4.38. The molecule has 0 aromatic heterocycles. The summed E-state index contributed by atoms with van der Waals surface area (Å²) in [5.41, 5.74) is 0.526. The Labute approximate surface area is 116 Å². The first-order valence-electron chi connectivity index (χ1n) is 8.58. The predicted octanol–water partition coefficient (Wildman–Crippen LogP) is 6.73. The topological polar surface area (TPSA) is 0 Å². The van der Waals surface area contributed by atoms with E-state index in [0.717, 1.165) is 5.92 Å². The van der Waals surface area contributed by atoms with Crippen molar-refractivity contribution in [1.82, 2.24) is 0 Å². The van der Waals surface area contributed by atoms with Crippen LogP contribution in [0.3, 0.4) is 0 Å². The molecule has 1 saturated carbocycles. The Hall–Kier alpha value is 0. The molecule has 0 heterocycles. The van der Waals surface area contributed by atoms with Gasteiger partial charge in [-0.15, -0.1) is 0 Å². The lowest BCUT2D eigenvalue weighted by molar-refractivity contribution is 0.260. The molecule has 0 spiro atoms. The lowest BCUT2D eigenvalue weighted by atomic mass is 9.80. The van der Waals surface area contributed by atoms with E-state index >= 15 is 0 Å². The van der Waals surface area contributed by atoms with Crippen LogP contribution in [-0.4, -0.2) is 0 Å². The number of hydrogen-bond donors (Lipinski definition) is 0. The fourth-order valence-corrected chi connectivity index (χ4v) is 3.49. The minimum atomic E-state index is 0.526. The summed E-state index contributed by atoms with van der Waals surface area (Å²) in [5, 5.41) is 0. The van der Waals surface area contributed by atoms with Crippen LogP contribution in [0.2, 0.25) is 0 Å². The molecule has 1 fully saturated rings. The molecule has 1 aliphatic carbocycles. The summed E-state index contributed by atoms with van der Waals surface area (Å²) < 4.78 is 0. The summed E-state index contributed by atoms with van der Waals surface area (Å²) in [6, 6.07) is 0. The van der Waals surface area contributed by atoms with E-state index in [0.29, 0.717) is 5.41 Å². The van der Waals surface area contributed by atoms with Crippen LogP contribution in [0, 0.1) is 11.3 Å². The fourth-order valence-electron chi connectivity index (χ4n) is 3.49. The van der Waals surface area contributed by atoms with Gasteiger partial charge in [0, 0.05) is 0 Å². The van der Waals surface area contributed by atoms with Crippen LogP contribution in [-0.2, 0) is 0 Å². The van der Waals surface area contributed by atoms with Gasteiger partial charge in [-0.2, -0.15) is 0 Å². The van der Waals surface area contributed by atoms with E-state index in [1.165, 1.54) is 83.5 Å². The summed E-state index contributed by atoms with van der Waals surface area (Å²) in [6.45, 7) is 7.23. The Kier molecular flexibility index (Phi) is 8.02. The fraction of sp³-hybridized carbons (Fsp3) is 1.00. The average molecular weight is 252 g/mol. The van der Waals surface area contributed by atoms with Gasteiger partial charge < -0.3 is 0 Å². The van der Waals surface area contributed by atoms with Gasteiger partial charge in [-0.25, -0.2) is 0 Å². The van der Waals surface area contributed by atoms with Crippen LogP contribution in [0.25, 0.3) is 0 Å². The molecule has 0 bridgehead atoms. The van der Waals surface area contributed by atoms with Gasteiger partial charge in [-0.1, -0.05) is 97.8 Å². The van der Waals surface area contributed by atoms with Gasteiger partial charge >= 0.3 is 0 Å². The molecule has 0 atom stereocenters. The lowest BCUT2D eigenvalue weighted by Crippen LogP contribution is -2.13. The van der Waals surface area contributed by atoms with Crippen molar-refractivity contribution in [3.63, 3.8) is 0 Å². The van der Waals surface area contributed by atoms with Crippen LogP contribution in [0.4, 0.5) is 0 Å². The summed E-state index contributed by atoms with van der Waals surface area (Å²) in [5.74, 6) is 1.01. The zero-order valence-corrected chi connectivity index (χ0v) is 13.3. The van der Waals surface area contributed by atoms with Gasteiger partial charge in [0.15, 0.2) is 0 Å². The second-order valence-corrected chi connectivity index (χ2v) is 7.74. The Bertz CT molecular complexity index is 173. The molecule has 108 valence electrons. The van der Waals surface area contributed by atoms with Gasteiger partial charge in [0.1, 0.15) is 0 Å². The second-order valence-electron chi connectivity index (χ2n) is 7.74. The average Bonchev–Trinajstić information content (AvgIpc) is 2.29. The Morgan fingerprint density at radius 2 is 0.944 bits per heavy atom. The van der Waals surface area contributed by atoms with Crippen LogP contribution in [0.1, 0.15) is 104 Å². The molecule has 0 saturated heterocycles. The maximum atomic E-state index is 2.41. The highest BCUT2D eigenvalue weighted by Crippen LogP contribution is 2.31. The highest BCUT2D eigenvalue weighted by molar-refractivity contribution is 4.70. The predicted molar refractivity (Wildman–Crippen MR) is 83.0 cm³/mol. The molecule has 0 amide bonds. The maximum Gasteiger partial charge on any atom is -0.0380 e. The largest absolute Gasteiger partial charge is 0.0602 e. The molecule has 0 nitrogen and oxygen atoms in total. The van der Waals surface area contributed by atoms with Crippen molar-refractivity contribution < 1.29 is 0 Å². The molecule has 0 aromatic rings. The molecule has 0 unspecified atom stereocenters. The molecule has 1 aliphatic rings. The third-order valence-electron chi connectivity index (χ3n) is 4.38. The first-order chi connectivity index (χ1) is 8.58. The van der Waals surface area contributed by atoms with E-state index in [4.69, 9.17) is 0 Å². The highest BCUT2D eigenvalue weighted by Gasteiger charge is 2.18. The summed E-state index contributed by atoms with van der Waals surface area (Å²) in [7, 11) is 0. The standard InChI is InChI=1S/C18H36/c1-18(2,3)16-17-14-12-10-8-6-4-5-7-9-11-13-15-17/h17H,4-16H2,1-3H3. The van der Waals surface area contributed by atoms with Crippen LogP contribution < -0.4 is 0 Å². The van der Waals surface area contributed by atoms with Gasteiger partial charge in [0.05, 0.1) is 0 Å². The van der Waals surface area contributed by atoms with Crippen molar-refractivity contribution in [2.45, 2.75) is 104 Å². The van der Waals surface area contributed by atoms with E-state index in [1.54, 1.807) is 0 Å². The van der Waals surface area contributed by atoms with E-state index in [2.05, 4.69) is 20.8 Å². The van der Waals surface area contributed by atoms with Gasteiger partial charge in [0.25, 0.3) is 0 Å². The zero-order valence-electron chi connectivity index (χ0n) is 13.3. The Morgan fingerprint density at radius 1 is 0.611 bits per heavy atom. The Morgan fingerprint density at radius 3 is 1.28 bits per heavy atom. The highest BCUT2D eigenvalue weighted by atomic mass is 14.2. The van der Waals surface area contributed by atoms with Crippen molar-refractivity contribution in [2.75, 3.05) is 0 Å². The van der Waals surface area contributed by atoms with Crippen molar-refractivity contribution >= 4 is 0 Å². The molecule has 0 aromatic carbocycles. The molecule has 0 aliphatic heterocycles. The van der Waals surface area contributed by atoms with E-state index in [1.807, 2.05) is 0 Å². The van der Waals surface area contributed by atoms with Gasteiger partial charge in [-0.05, 0) is 17.8 Å². The molecular weight excluding hydrogens is 216 g/mol. The summed E-state index contributed by atoms with van der Waals surface area (Å²) in [6.07, 6.45) is 19.3.